The summed E-state index contributed by atoms with van der Waals surface area (Å²) in [6, 6.07) is -1.01. The summed E-state index contributed by atoms with van der Waals surface area (Å²) < 4.78 is 12.0. The van der Waals surface area contributed by atoms with Gasteiger partial charge in [-0.3, -0.25) is 4.99 Å². The SMILES string of the molecule is O=C(O)[C@H]1C=C(F)C=N1. The first-order valence-electron chi connectivity index (χ1n) is 2.33. The number of carboxylic acid groups (broad SMARTS) is 1. The second-order valence-electron chi connectivity index (χ2n) is 1.61. The Labute approximate surface area is 50.5 Å². The molecule has 1 atom stereocenters. The highest BCUT2D eigenvalue weighted by molar-refractivity contribution is 5.87. The number of halogens is 1. The maximum atomic E-state index is 12.0. The van der Waals surface area contributed by atoms with Crippen molar-refractivity contribution in [3.8, 4) is 0 Å². The number of carboxylic acids is 1. The van der Waals surface area contributed by atoms with E-state index in [1.165, 1.54) is 0 Å². The molecule has 0 radical (unpaired) electrons. The summed E-state index contributed by atoms with van der Waals surface area (Å²) in [4.78, 5) is 13.3. The lowest BCUT2D eigenvalue weighted by Crippen LogP contribution is -2.12. The highest BCUT2D eigenvalue weighted by atomic mass is 19.1. The molecule has 1 aliphatic heterocycles. The van der Waals surface area contributed by atoms with Crippen LogP contribution in [0, 0.1) is 0 Å². The molecule has 0 spiro atoms. The molecule has 9 heavy (non-hydrogen) atoms. The van der Waals surface area contributed by atoms with Gasteiger partial charge in [0.25, 0.3) is 0 Å². The van der Waals surface area contributed by atoms with E-state index in [1.54, 1.807) is 0 Å². The summed E-state index contributed by atoms with van der Waals surface area (Å²) in [5.74, 6) is -1.71. The Bertz CT molecular complexity index is 197. The highest BCUT2D eigenvalue weighted by Gasteiger charge is 2.17. The van der Waals surface area contributed by atoms with E-state index < -0.39 is 17.8 Å². The molecule has 1 N–H and O–H groups in total. The van der Waals surface area contributed by atoms with Gasteiger partial charge in [-0.15, -0.1) is 0 Å². The van der Waals surface area contributed by atoms with Crippen LogP contribution in [-0.2, 0) is 4.79 Å². The Morgan fingerprint density at radius 1 is 1.89 bits per heavy atom. The van der Waals surface area contributed by atoms with Crippen LogP contribution in [0.25, 0.3) is 0 Å². The lowest BCUT2D eigenvalue weighted by Gasteiger charge is -1.91. The van der Waals surface area contributed by atoms with Crippen molar-refractivity contribution in [2.45, 2.75) is 6.04 Å². The maximum Gasteiger partial charge on any atom is 0.332 e. The molecule has 4 heteroatoms. The summed E-state index contributed by atoms with van der Waals surface area (Å²) in [5.41, 5.74) is 0. The fourth-order valence-electron chi connectivity index (χ4n) is 0.523. The van der Waals surface area contributed by atoms with E-state index in [9.17, 15) is 9.18 Å². The number of hydrogen-bond donors (Lipinski definition) is 1. The Kier molecular flexibility index (Phi) is 1.30. The van der Waals surface area contributed by atoms with Crippen LogP contribution in [0.1, 0.15) is 0 Å². The zero-order chi connectivity index (χ0) is 6.85. The van der Waals surface area contributed by atoms with Gasteiger partial charge in [-0.05, 0) is 6.08 Å². The lowest BCUT2D eigenvalue weighted by atomic mass is 10.3. The molecule has 0 aromatic rings. The second kappa shape index (κ2) is 1.97. The lowest BCUT2D eigenvalue weighted by molar-refractivity contribution is -0.137. The summed E-state index contributed by atoms with van der Waals surface area (Å²) in [5, 5.41) is 8.21. The van der Waals surface area contributed by atoms with Crippen LogP contribution in [0.2, 0.25) is 0 Å². The fraction of sp³-hybridized carbons (Fsp3) is 0.200. The van der Waals surface area contributed by atoms with Crippen molar-refractivity contribution in [3.63, 3.8) is 0 Å². The maximum absolute atomic E-state index is 12.0. The van der Waals surface area contributed by atoms with Crippen molar-refractivity contribution >= 4 is 12.2 Å². The summed E-state index contributed by atoms with van der Waals surface area (Å²) in [6.45, 7) is 0. The number of carbonyl (C=O) groups is 1. The standard InChI is InChI=1S/C5H4FNO2/c6-3-1-4(5(8)9)7-2-3/h1-2,4H,(H,8,9)/t4-/m1/s1. The molecule has 0 aromatic carbocycles. The van der Waals surface area contributed by atoms with Gasteiger partial charge in [0.1, 0.15) is 5.83 Å². The molecule has 0 fully saturated rings. The van der Waals surface area contributed by atoms with Gasteiger partial charge >= 0.3 is 5.97 Å². The van der Waals surface area contributed by atoms with Crippen LogP contribution in [0.3, 0.4) is 0 Å². The average molecular weight is 129 g/mol. The fourth-order valence-corrected chi connectivity index (χ4v) is 0.523. The molecule has 0 saturated carbocycles. The van der Waals surface area contributed by atoms with Crippen LogP contribution in [0.15, 0.2) is 16.9 Å². The van der Waals surface area contributed by atoms with E-state index in [0.717, 1.165) is 12.3 Å². The van der Waals surface area contributed by atoms with E-state index in [1.807, 2.05) is 0 Å². The Balaban J connectivity index is 2.70. The van der Waals surface area contributed by atoms with Gasteiger partial charge in [0.05, 0.1) is 6.21 Å². The van der Waals surface area contributed by atoms with E-state index >= 15 is 0 Å². The van der Waals surface area contributed by atoms with Crippen LogP contribution < -0.4 is 0 Å². The van der Waals surface area contributed by atoms with Crippen LogP contribution in [-0.4, -0.2) is 23.3 Å². The third-order valence-electron chi connectivity index (χ3n) is 0.929. The van der Waals surface area contributed by atoms with Gasteiger partial charge in [0.2, 0.25) is 0 Å². The largest absolute Gasteiger partial charge is 0.479 e. The number of aliphatic imine (C=N–C) groups is 1. The molecule has 1 heterocycles. The Hall–Kier alpha value is -1.19. The highest BCUT2D eigenvalue weighted by Crippen LogP contribution is 2.07. The van der Waals surface area contributed by atoms with Crippen molar-refractivity contribution in [2.75, 3.05) is 0 Å². The van der Waals surface area contributed by atoms with Crippen LogP contribution in [0.5, 0.6) is 0 Å². The van der Waals surface area contributed by atoms with Gasteiger partial charge in [0.15, 0.2) is 6.04 Å². The van der Waals surface area contributed by atoms with E-state index in [-0.39, 0.29) is 0 Å². The first-order chi connectivity index (χ1) is 4.20. The topological polar surface area (TPSA) is 49.7 Å². The zero-order valence-corrected chi connectivity index (χ0v) is 4.41. The minimum Gasteiger partial charge on any atom is -0.479 e. The van der Waals surface area contributed by atoms with E-state index in [4.69, 9.17) is 5.11 Å². The quantitative estimate of drug-likeness (QED) is 0.556. The van der Waals surface area contributed by atoms with Crippen LogP contribution in [0.4, 0.5) is 4.39 Å². The van der Waals surface area contributed by atoms with Crippen LogP contribution >= 0.6 is 0 Å². The summed E-state index contributed by atoms with van der Waals surface area (Å²) >= 11 is 0. The molecule has 3 nitrogen and oxygen atoms in total. The summed E-state index contributed by atoms with van der Waals surface area (Å²) in [6.07, 6.45) is 1.85. The van der Waals surface area contributed by atoms with Gasteiger partial charge in [-0.1, -0.05) is 0 Å². The van der Waals surface area contributed by atoms with Crippen molar-refractivity contribution in [2.24, 2.45) is 4.99 Å². The summed E-state index contributed by atoms with van der Waals surface area (Å²) in [7, 11) is 0. The molecule has 0 bridgehead atoms. The van der Waals surface area contributed by atoms with Crippen molar-refractivity contribution in [1.29, 1.82) is 0 Å². The smallest absolute Gasteiger partial charge is 0.332 e. The molecule has 0 aromatic heterocycles. The number of hydrogen-bond acceptors (Lipinski definition) is 2. The van der Waals surface area contributed by atoms with E-state index in [2.05, 4.69) is 4.99 Å². The second-order valence-corrected chi connectivity index (χ2v) is 1.61. The zero-order valence-electron chi connectivity index (χ0n) is 4.41. The minimum absolute atomic E-state index is 0.581. The predicted octanol–water partition coefficient (Wildman–Crippen LogP) is 0.377. The van der Waals surface area contributed by atoms with Gasteiger partial charge in [-0.2, -0.15) is 0 Å². The number of rotatable bonds is 1. The van der Waals surface area contributed by atoms with Gasteiger partial charge in [-0.25, -0.2) is 9.18 Å². The van der Waals surface area contributed by atoms with E-state index in [0.29, 0.717) is 0 Å². The molecule has 0 saturated heterocycles. The first kappa shape index (κ1) is 5.94. The van der Waals surface area contributed by atoms with Crippen molar-refractivity contribution in [3.05, 3.63) is 11.9 Å². The molecule has 1 rings (SSSR count). The number of allylic oxidation sites excluding steroid dienone is 1. The molecule has 1 aliphatic rings. The van der Waals surface area contributed by atoms with Gasteiger partial charge in [0, 0.05) is 0 Å². The molecule has 48 valence electrons. The normalized spacial score (nSPS) is 24.1. The third-order valence-corrected chi connectivity index (χ3v) is 0.929. The predicted molar refractivity (Wildman–Crippen MR) is 29.1 cm³/mol. The minimum atomic E-state index is -1.13. The molecule has 0 aliphatic carbocycles. The average Bonchev–Trinajstić information content (AvgIpc) is 2.14. The third kappa shape index (κ3) is 1.13. The first-order valence-corrected chi connectivity index (χ1v) is 2.33. The molecular weight excluding hydrogens is 125 g/mol. The monoisotopic (exact) mass is 129 g/mol. The van der Waals surface area contributed by atoms with Crippen molar-refractivity contribution < 1.29 is 14.3 Å². The molecule has 0 amide bonds. The number of nitrogens with zero attached hydrogens (tertiary/aromatic N) is 1. The number of aliphatic carboxylic acids is 1. The Morgan fingerprint density at radius 2 is 2.56 bits per heavy atom. The van der Waals surface area contributed by atoms with Gasteiger partial charge < -0.3 is 5.11 Å². The molecular formula is C5H4FNO2. The van der Waals surface area contributed by atoms with Crippen molar-refractivity contribution in [1.82, 2.24) is 0 Å². The molecule has 0 unspecified atom stereocenters. The Morgan fingerprint density at radius 3 is 2.78 bits per heavy atom.